The Bertz CT molecular complexity index is 944. The van der Waals surface area contributed by atoms with Gasteiger partial charge in [-0.3, -0.25) is 9.79 Å². The maximum absolute atomic E-state index is 13.3. The molecule has 1 N–H and O–H groups in total. The van der Waals surface area contributed by atoms with Crippen LogP contribution in [0.25, 0.3) is 0 Å². The number of morpholine rings is 1. The van der Waals surface area contributed by atoms with Crippen molar-refractivity contribution in [3.05, 3.63) is 71.0 Å². The van der Waals surface area contributed by atoms with Gasteiger partial charge in [0.05, 0.1) is 12.6 Å². The molecule has 2 aliphatic rings. The third-order valence-corrected chi connectivity index (χ3v) is 6.06. The van der Waals surface area contributed by atoms with Crippen LogP contribution in [0.5, 0.6) is 0 Å². The molecular weight excluding hydrogens is 534 g/mol. The molecule has 0 radical (unpaired) electrons. The van der Waals surface area contributed by atoms with E-state index in [1.165, 1.54) is 23.3 Å². The van der Waals surface area contributed by atoms with Crippen LogP contribution in [0, 0.1) is 5.82 Å². The zero-order chi connectivity index (χ0) is 22.5. The Morgan fingerprint density at radius 2 is 1.76 bits per heavy atom. The fraction of sp³-hybridized carbons (Fsp3) is 0.440. The molecule has 0 spiro atoms. The average Bonchev–Trinajstić information content (AvgIpc) is 3.23. The van der Waals surface area contributed by atoms with E-state index in [4.69, 9.17) is 4.74 Å². The van der Waals surface area contributed by atoms with Crippen molar-refractivity contribution in [2.45, 2.75) is 45.1 Å². The third-order valence-electron chi connectivity index (χ3n) is 6.06. The summed E-state index contributed by atoms with van der Waals surface area (Å²) in [6.07, 6.45) is 1.13. The quantitative estimate of drug-likeness (QED) is 0.256. The van der Waals surface area contributed by atoms with Gasteiger partial charge in [0.25, 0.3) is 0 Å². The number of carbonyl (C=O) groups is 1. The molecule has 0 saturated carbocycles. The molecule has 2 heterocycles. The largest absolute Gasteiger partial charge is 0.367 e. The molecule has 178 valence electrons. The number of guanidine groups is 1. The van der Waals surface area contributed by atoms with Crippen molar-refractivity contribution in [3.63, 3.8) is 0 Å². The summed E-state index contributed by atoms with van der Waals surface area (Å²) in [6, 6.07) is 14.7. The molecule has 0 aliphatic carbocycles. The molecule has 0 bridgehead atoms. The standard InChI is InChI=1S/C25H31FN4O2.HI/c1-18-14-30(17-23(32-18)19-9-11-22(26)12-10-19)25(27-2)28-13-5-8-24(31)29-15-20-6-3-4-7-21(20)16-29;/h3-4,6-7,9-12,18,23H,5,8,13-17H2,1-2H3,(H,27,28);1H. The average molecular weight is 566 g/mol. The van der Waals surface area contributed by atoms with E-state index in [9.17, 15) is 9.18 Å². The van der Waals surface area contributed by atoms with Crippen LogP contribution in [0.2, 0.25) is 0 Å². The highest BCUT2D eigenvalue weighted by molar-refractivity contribution is 14.0. The Labute approximate surface area is 212 Å². The number of nitrogens with zero attached hydrogens (tertiary/aromatic N) is 3. The first-order valence-corrected chi connectivity index (χ1v) is 11.2. The number of hydrogen-bond acceptors (Lipinski definition) is 3. The Hall–Kier alpha value is -2.20. The zero-order valence-electron chi connectivity index (χ0n) is 19.2. The van der Waals surface area contributed by atoms with Crippen LogP contribution in [0.4, 0.5) is 4.39 Å². The Morgan fingerprint density at radius 1 is 1.09 bits per heavy atom. The summed E-state index contributed by atoms with van der Waals surface area (Å²) < 4.78 is 19.4. The van der Waals surface area contributed by atoms with Gasteiger partial charge in [-0.2, -0.15) is 0 Å². The lowest BCUT2D eigenvalue weighted by atomic mass is 10.1. The monoisotopic (exact) mass is 566 g/mol. The Morgan fingerprint density at radius 3 is 2.39 bits per heavy atom. The van der Waals surface area contributed by atoms with E-state index < -0.39 is 0 Å². The molecule has 1 saturated heterocycles. The van der Waals surface area contributed by atoms with Gasteiger partial charge in [0.2, 0.25) is 5.91 Å². The Balaban J connectivity index is 0.00000306. The predicted molar refractivity (Wildman–Crippen MR) is 138 cm³/mol. The van der Waals surface area contributed by atoms with E-state index in [1.54, 1.807) is 19.2 Å². The highest BCUT2D eigenvalue weighted by Crippen LogP contribution is 2.26. The molecule has 0 aromatic heterocycles. The van der Waals surface area contributed by atoms with Gasteiger partial charge in [-0.15, -0.1) is 24.0 Å². The lowest BCUT2D eigenvalue weighted by Crippen LogP contribution is -2.50. The second kappa shape index (κ2) is 11.8. The fourth-order valence-corrected chi connectivity index (χ4v) is 4.43. The number of benzene rings is 2. The number of ether oxygens (including phenoxy) is 1. The number of nitrogens with one attached hydrogen (secondary N) is 1. The maximum Gasteiger partial charge on any atom is 0.223 e. The first kappa shape index (κ1) is 25.4. The molecule has 2 aromatic rings. The van der Waals surface area contributed by atoms with Crippen molar-refractivity contribution in [1.29, 1.82) is 0 Å². The number of carbonyl (C=O) groups excluding carboxylic acids is 1. The lowest BCUT2D eigenvalue weighted by molar-refractivity contribution is -0.131. The molecule has 6 nitrogen and oxygen atoms in total. The lowest BCUT2D eigenvalue weighted by Gasteiger charge is -2.38. The molecular formula is C25H32FIN4O2. The summed E-state index contributed by atoms with van der Waals surface area (Å²) in [5, 5.41) is 3.39. The number of hydrogen-bond donors (Lipinski definition) is 1. The van der Waals surface area contributed by atoms with Crippen LogP contribution in [0.15, 0.2) is 53.5 Å². The fourth-order valence-electron chi connectivity index (χ4n) is 4.43. The van der Waals surface area contributed by atoms with E-state index in [1.807, 2.05) is 24.0 Å². The van der Waals surface area contributed by atoms with Gasteiger partial charge in [0.15, 0.2) is 5.96 Å². The van der Waals surface area contributed by atoms with Gasteiger partial charge in [0, 0.05) is 39.6 Å². The van der Waals surface area contributed by atoms with Crippen molar-refractivity contribution in [1.82, 2.24) is 15.1 Å². The Kier molecular flexibility index (Phi) is 9.08. The summed E-state index contributed by atoms with van der Waals surface area (Å²) >= 11 is 0. The number of fused-ring (bicyclic) bond motifs is 1. The molecule has 8 heteroatoms. The van der Waals surface area contributed by atoms with Crippen molar-refractivity contribution in [2.75, 3.05) is 26.7 Å². The zero-order valence-corrected chi connectivity index (χ0v) is 21.5. The summed E-state index contributed by atoms with van der Waals surface area (Å²) in [7, 11) is 1.77. The van der Waals surface area contributed by atoms with Crippen LogP contribution < -0.4 is 5.32 Å². The van der Waals surface area contributed by atoms with Crippen LogP contribution >= 0.6 is 24.0 Å². The van der Waals surface area contributed by atoms with Gasteiger partial charge in [-0.1, -0.05) is 36.4 Å². The van der Waals surface area contributed by atoms with Crippen molar-refractivity contribution in [2.24, 2.45) is 4.99 Å². The van der Waals surface area contributed by atoms with Crippen LogP contribution in [0.1, 0.15) is 42.6 Å². The summed E-state index contributed by atoms with van der Waals surface area (Å²) in [5.41, 5.74) is 3.45. The molecule has 1 fully saturated rings. The molecule has 33 heavy (non-hydrogen) atoms. The van der Waals surface area contributed by atoms with Gasteiger partial charge in [-0.25, -0.2) is 4.39 Å². The molecule has 2 aliphatic heterocycles. The highest BCUT2D eigenvalue weighted by atomic mass is 127. The second-order valence-electron chi connectivity index (χ2n) is 8.49. The topological polar surface area (TPSA) is 57.2 Å². The SMILES string of the molecule is CN=C(NCCCC(=O)N1Cc2ccccc2C1)N1CC(C)OC(c2ccc(F)cc2)C1.I. The smallest absolute Gasteiger partial charge is 0.223 e. The minimum atomic E-state index is -0.251. The molecule has 2 aromatic carbocycles. The van der Waals surface area contributed by atoms with E-state index in [0.717, 1.165) is 24.5 Å². The van der Waals surface area contributed by atoms with Gasteiger partial charge < -0.3 is 19.9 Å². The molecule has 2 unspecified atom stereocenters. The van der Waals surface area contributed by atoms with Crippen LogP contribution in [-0.4, -0.2) is 54.5 Å². The molecule has 2 atom stereocenters. The minimum absolute atomic E-state index is 0. The minimum Gasteiger partial charge on any atom is -0.367 e. The summed E-state index contributed by atoms with van der Waals surface area (Å²) in [4.78, 5) is 21.1. The van der Waals surface area contributed by atoms with E-state index >= 15 is 0 Å². The van der Waals surface area contributed by atoms with Gasteiger partial charge >= 0.3 is 0 Å². The summed E-state index contributed by atoms with van der Waals surface area (Å²) in [5.74, 6) is 0.738. The first-order valence-electron chi connectivity index (χ1n) is 11.2. The summed E-state index contributed by atoms with van der Waals surface area (Å²) in [6.45, 7) is 5.48. The molecule has 1 amide bonds. The van der Waals surface area contributed by atoms with Gasteiger partial charge in [-0.05, 0) is 42.2 Å². The van der Waals surface area contributed by atoms with E-state index in [2.05, 4.69) is 27.3 Å². The number of halogens is 2. The number of aliphatic imine (C=N–C) groups is 1. The molecule has 4 rings (SSSR count). The van der Waals surface area contributed by atoms with E-state index in [-0.39, 0.29) is 47.9 Å². The first-order chi connectivity index (χ1) is 15.5. The van der Waals surface area contributed by atoms with Crippen molar-refractivity contribution >= 4 is 35.8 Å². The number of amides is 1. The van der Waals surface area contributed by atoms with Crippen LogP contribution in [0.3, 0.4) is 0 Å². The second-order valence-corrected chi connectivity index (χ2v) is 8.49. The normalized spacial score (nSPS) is 20.3. The van der Waals surface area contributed by atoms with E-state index in [0.29, 0.717) is 32.6 Å². The highest BCUT2D eigenvalue weighted by Gasteiger charge is 2.28. The third kappa shape index (κ3) is 6.44. The number of rotatable bonds is 5. The maximum atomic E-state index is 13.3. The van der Waals surface area contributed by atoms with Crippen molar-refractivity contribution < 1.29 is 13.9 Å². The van der Waals surface area contributed by atoms with Crippen LogP contribution in [-0.2, 0) is 22.6 Å². The van der Waals surface area contributed by atoms with Gasteiger partial charge in [0.1, 0.15) is 11.9 Å². The predicted octanol–water partition coefficient (Wildman–Crippen LogP) is 4.10. The van der Waals surface area contributed by atoms with Crippen molar-refractivity contribution in [3.8, 4) is 0 Å².